The Labute approximate surface area is 114 Å². The molecule has 1 aliphatic rings. The van der Waals surface area contributed by atoms with Crippen LogP contribution in [-0.4, -0.2) is 23.3 Å². The number of alkyl halides is 1. The van der Waals surface area contributed by atoms with Crippen LogP contribution in [-0.2, 0) is 4.79 Å². The van der Waals surface area contributed by atoms with E-state index in [0.717, 1.165) is 0 Å². The third-order valence-corrected chi connectivity index (χ3v) is 3.46. The van der Waals surface area contributed by atoms with Crippen LogP contribution in [0.25, 0.3) is 0 Å². The number of nitrogens with zero attached hydrogens (tertiary/aromatic N) is 3. The topological polar surface area (TPSA) is 87.2 Å². The zero-order valence-corrected chi connectivity index (χ0v) is 10.6. The van der Waals surface area contributed by atoms with Gasteiger partial charge in [-0.05, 0) is 12.0 Å². The summed E-state index contributed by atoms with van der Waals surface area (Å²) in [5, 5.41) is 19.7. The van der Waals surface area contributed by atoms with Gasteiger partial charge in [0.15, 0.2) is 0 Å². The van der Waals surface area contributed by atoms with E-state index in [-0.39, 0.29) is 23.1 Å². The monoisotopic (exact) mass is 279 g/mol. The van der Waals surface area contributed by atoms with Gasteiger partial charge in [0.25, 0.3) is 5.69 Å². The summed E-state index contributed by atoms with van der Waals surface area (Å²) in [4.78, 5) is 23.4. The van der Waals surface area contributed by atoms with Gasteiger partial charge in [-0.1, -0.05) is 0 Å². The summed E-state index contributed by atoms with van der Waals surface area (Å²) in [6, 6.07) is 5.79. The molecular formula is C12H10ClN3O3. The summed E-state index contributed by atoms with van der Waals surface area (Å²) >= 11 is 5.73. The average Bonchev–Trinajstić information content (AvgIpc) is 2.79. The zero-order valence-electron chi connectivity index (χ0n) is 9.88. The lowest BCUT2D eigenvalue weighted by molar-refractivity contribution is -0.384. The molecule has 19 heavy (non-hydrogen) atoms. The molecule has 1 unspecified atom stereocenters. The normalized spacial score (nSPS) is 18.4. The highest BCUT2D eigenvalue weighted by molar-refractivity contribution is 6.18. The van der Waals surface area contributed by atoms with Gasteiger partial charge in [0.1, 0.15) is 6.07 Å². The maximum atomic E-state index is 11.9. The van der Waals surface area contributed by atoms with E-state index in [0.29, 0.717) is 24.5 Å². The second-order valence-electron chi connectivity index (χ2n) is 4.30. The van der Waals surface area contributed by atoms with Gasteiger partial charge in [-0.3, -0.25) is 14.9 Å². The lowest BCUT2D eigenvalue weighted by Gasteiger charge is -2.17. The average molecular weight is 280 g/mol. The number of amides is 1. The molecule has 1 atom stereocenters. The number of nitro groups is 1. The molecule has 0 spiro atoms. The summed E-state index contributed by atoms with van der Waals surface area (Å²) < 4.78 is 0. The van der Waals surface area contributed by atoms with Gasteiger partial charge in [-0.15, -0.1) is 11.6 Å². The van der Waals surface area contributed by atoms with Crippen molar-refractivity contribution in [1.82, 2.24) is 0 Å². The molecule has 7 heteroatoms. The molecule has 0 saturated carbocycles. The number of rotatable bonds is 3. The second kappa shape index (κ2) is 5.24. The number of nitro benzene ring substituents is 1. The highest BCUT2D eigenvalue weighted by atomic mass is 35.5. The first-order valence-electron chi connectivity index (χ1n) is 5.61. The second-order valence-corrected chi connectivity index (χ2v) is 4.61. The minimum Gasteiger partial charge on any atom is -0.311 e. The Morgan fingerprint density at radius 1 is 1.58 bits per heavy atom. The maximum absolute atomic E-state index is 11.9. The lowest BCUT2D eigenvalue weighted by Crippen LogP contribution is -2.25. The van der Waals surface area contributed by atoms with Gasteiger partial charge in [-0.25, -0.2) is 0 Å². The quantitative estimate of drug-likeness (QED) is 0.481. The van der Waals surface area contributed by atoms with E-state index < -0.39 is 4.92 Å². The molecule has 0 bridgehead atoms. The Bertz CT molecular complexity index is 582. The van der Waals surface area contributed by atoms with Gasteiger partial charge < -0.3 is 4.90 Å². The van der Waals surface area contributed by atoms with E-state index in [2.05, 4.69) is 0 Å². The molecule has 0 radical (unpaired) electrons. The number of hydrogen-bond acceptors (Lipinski definition) is 4. The predicted octanol–water partition coefficient (Wildman–Crippen LogP) is 2.06. The molecule has 1 aromatic rings. The highest BCUT2D eigenvalue weighted by Crippen LogP contribution is 2.30. The van der Waals surface area contributed by atoms with Crippen LogP contribution in [0.5, 0.6) is 0 Å². The fourth-order valence-corrected chi connectivity index (χ4v) is 2.29. The third kappa shape index (κ3) is 2.51. The van der Waals surface area contributed by atoms with Crippen molar-refractivity contribution in [3.05, 3.63) is 33.9 Å². The number of hydrogen-bond donors (Lipinski definition) is 0. The van der Waals surface area contributed by atoms with E-state index >= 15 is 0 Å². The first kappa shape index (κ1) is 13.3. The van der Waals surface area contributed by atoms with Crippen LogP contribution >= 0.6 is 11.6 Å². The fraction of sp³-hybridized carbons (Fsp3) is 0.333. The lowest BCUT2D eigenvalue weighted by atomic mass is 10.1. The van der Waals surface area contributed by atoms with Crippen molar-refractivity contribution in [3.8, 4) is 6.07 Å². The van der Waals surface area contributed by atoms with Crippen LogP contribution in [0.1, 0.15) is 12.0 Å². The molecule has 1 fully saturated rings. The number of carbonyl (C=O) groups is 1. The van der Waals surface area contributed by atoms with Crippen molar-refractivity contribution in [3.63, 3.8) is 0 Å². The standard InChI is InChI=1S/C12H10ClN3O3/c13-5-8-3-12(17)15(7-8)11-2-1-10(16(18)19)4-9(11)6-14/h1-2,4,8H,3,5,7H2. The number of benzene rings is 1. The van der Waals surface area contributed by atoms with Crippen molar-refractivity contribution in [2.75, 3.05) is 17.3 Å². The van der Waals surface area contributed by atoms with E-state index in [1.807, 2.05) is 6.07 Å². The SMILES string of the molecule is N#Cc1cc([N+](=O)[O-])ccc1N1CC(CCl)CC1=O. The number of carbonyl (C=O) groups excluding carboxylic acids is 1. The predicted molar refractivity (Wildman–Crippen MR) is 69.0 cm³/mol. The van der Waals surface area contributed by atoms with E-state index in [1.165, 1.54) is 23.1 Å². The van der Waals surface area contributed by atoms with Crippen LogP contribution in [0.15, 0.2) is 18.2 Å². The Hall–Kier alpha value is -2.13. The summed E-state index contributed by atoms with van der Waals surface area (Å²) in [7, 11) is 0. The molecule has 1 aromatic carbocycles. The van der Waals surface area contributed by atoms with Gasteiger partial charge in [-0.2, -0.15) is 5.26 Å². The summed E-state index contributed by atoms with van der Waals surface area (Å²) in [5.74, 6) is 0.309. The number of anilines is 1. The Balaban J connectivity index is 2.38. The third-order valence-electron chi connectivity index (χ3n) is 3.03. The summed E-state index contributed by atoms with van der Waals surface area (Å²) in [5.41, 5.74) is 0.365. The molecule has 0 aromatic heterocycles. The van der Waals surface area contributed by atoms with Crippen LogP contribution in [0.2, 0.25) is 0 Å². The smallest absolute Gasteiger partial charge is 0.270 e. The molecule has 1 heterocycles. The van der Waals surface area contributed by atoms with Crippen LogP contribution in [0.4, 0.5) is 11.4 Å². The Morgan fingerprint density at radius 3 is 2.84 bits per heavy atom. The van der Waals surface area contributed by atoms with Crippen molar-refractivity contribution in [1.29, 1.82) is 5.26 Å². The number of halogens is 1. The molecule has 1 saturated heterocycles. The van der Waals surface area contributed by atoms with Gasteiger partial charge in [0.2, 0.25) is 5.91 Å². The molecule has 6 nitrogen and oxygen atoms in total. The van der Waals surface area contributed by atoms with E-state index in [9.17, 15) is 14.9 Å². The molecule has 1 aliphatic heterocycles. The molecule has 0 aliphatic carbocycles. The largest absolute Gasteiger partial charge is 0.311 e. The van der Waals surface area contributed by atoms with Crippen molar-refractivity contribution < 1.29 is 9.72 Å². The van der Waals surface area contributed by atoms with Gasteiger partial charge >= 0.3 is 0 Å². The summed E-state index contributed by atoms with van der Waals surface area (Å²) in [6.45, 7) is 0.439. The van der Waals surface area contributed by atoms with Crippen molar-refractivity contribution in [2.45, 2.75) is 6.42 Å². The summed E-state index contributed by atoms with van der Waals surface area (Å²) in [6.07, 6.45) is 0.339. The van der Waals surface area contributed by atoms with Crippen molar-refractivity contribution in [2.24, 2.45) is 5.92 Å². The minimum absolute atomic E-state index is 0.0518. The van der Waals surface area contributed by atoms with Crippen LogP contribution in [0, 0.1) is 27.4 Å². The number of non-ortho nitro benzene ring substituents is 1. The minimum atomic E-state index is -0.571. The van der Waals surface area contributed by atoms with Crippen LogP contribution < -0.4 is 4.90 Å². The zero-order chi connectivity index (χ0) is 14.0. The molecule has 98 valence electrons. The molecule has 0 N–H and O–H groups in total. The van der Waals surface area contributed by atoms with E-state index in [1.54, 1.807) is 0 Å². The molecule has 1 amide bonds. The van der Waals surface area contributed by atoms with Crippen LogP contribution in [0.3, 0.4) is 0 Å². The highest BCUT2D eigenvalue weighted by Gasteiger charge is 2.31. The number of nitriles is 1. The fourth-order valence-electron chi connectivity index (χ4n) is 2.08. The first-order chi connectivity index (χ1) is 9.06. The van der Waals surface area contributed by atoms with Gasteiger partial charge in [0.05, 0.1) is 16.2 Å². The van der Waals surface area contributed by atoms with Crippen molar-refractivity contribution >= 4 is 28.9 Å². The first-order valence-corrected chi connectivity index (χ1v) is 6.15. The Kier molecular flexibility index (Phi) is 3.67. The Morgan fingerprint density at radius 2 is 2.32 bits per heavy atom. The molecular weight excluding hydrogens is 270 g/mol. The molecule has 2 rings (SSSR count). The van der Waals surface area contributed by atoms with E-state index in [4.69, 9.17) is 16.9 Å². The van der Waals surface area contributed by atoms with Gasteiger partial charge in [0, 0.05) is 31.0 Å². The maximum Gasteiger partial charge on any atom is 0.270 e.